The van der Waals surface area contributed by atoms with E-state index in [4.69, 9.17) is 21.1 Å². The van der Waals surface area contributed by atoms with E-state index in [1.165, 1.54) is 11.1 Å². The van der Waals surface area contributed by atoms with Crippen molar-refractivity contribution in [3.8, 4) is 11.5 Å². The lowest BCUT2D eigenvalue weighted by molar-refractivity contribution is 0.294. The van der Waals surface area contributed by atoms with Crippen LogP contribution in [-0.4, -0.2) is 12.9 Å². The Labute approximate surface area is 177 Å². The molecule has 0 saturated heterocycles. The molecule has 0 bridgehead atoms. The number of thiol groups is 1. The van der Waals surface area contributed by atoms with Crippen molar-refractivity contribution in [2.75, 3.05) is 12.9 Å². The van der Waals surface area contributed by atoms with Gasteiger partial charge in [0.1, 0.15) is 18.1 Å². The first-order valence-corrected chi connectivity index (χ1v) is 10.4. The minimum absolute atomic E-state index is 0.258. The van der Waals surface area contributed by atoms with E-state index in [2.05, 4.69) is 43.0 Å². The third-order valence-electron chi connectivity index (χ3n) is 4.83. The van der Waals surface area contributed by atoms with Crippen LogP contribution < -0.4 is 9.47 Å². The number of ether oxygens (including phenoxy) is 2. The van der Waals surface area contributed by atoms with Crippen LogP contribution in [0.5, 0.6) is 11.5 Å². The van der Waals surface area contributed by atoms with Crippen LogP contribution in [-0.2, 0) is 6.61 Å². The number of hydrogen-bond acceptors (Lipinski definition) is 3. The van der Waals surface area contributed by atoms with E-state index < -0.39 is 0 Å². The van der Waals surface area contributed by atoms with Gasteiger partial charge >= 0.3 is 0 Å². The van der Waals surface area contributed by atoms with Crippen molar-refractivity contribution < 1.29 is 9.47 Å². The standard InChI is InChI=1S/C24H25ClO2S/c1-26-23-15-7-11-20(19(12-8-16-28)18-9-3-2-4-10-18)21(23)17-27-24-14-6-5-13-22(24)25/h2-7,9-11,13-15,19,28H,8,12,16-17H2,1H3. The maximum atomic E-state index is 6.27. The van der Waals surface area contributed by atoms with Crippen LogP contribution in [0.15, 0.2) is 72.8 Å². The summed E-state index contributed by atoms with van der Waals surface area (Å²) in [5.74, 6) is 2.62. The molecule has 0 aliphatic rings. The van der Waals surface area contributed by atoms with Crippen molar-refractivity contribution >= 4 is 24.2 Å². The maximum absolute atomic E-state index is 6.27. The predicted molar refractivity (Wildman–Crippen MR) is 120 cm³/mol. The molecule has 0 radical (unpaired) electrons. The Kier molecular flexibility index (Phi) is 7.70. The summed E-state index contributed by atoms with van der Waals surface area (Å²) >= 11 is 10.7. The van der Waals surface area contributed by atoms with Gasteiger partial charge in [-0.15, -0.1) is 0 Å². The zero-order valence-corrected chi connectivity index (χ0v) is 17.6. The van der Waals surface area contributed by atoms with E-state index in [1.807, 2.05) is 42.5 Å². The molecule has 0 N–H and O–H groups in total. The molecular weight excluding hydrogens is 388 g/mol. The van der Waals surface area contributed by atoms with Gasteiger partial charge < -0.3 is 9.47 Å². The molecule has 3 rings (SSSR count). The second-order valence-corrected chi connectivity index (χ2v) is 7.43. The highest BCUT2D eigenvalue weighted by atomic mass is 35.5. The summed E-state index contributed by atoms with van der Waals surface area (Å²) in [6, 6.07) is 24.3. The maximum Gasteiger partial charge on any atom is 0.138 e. The fourth-order valence-electron chi connectivity index (χ4n) is 3.45. The summed E-state index contributed by atoms with van der Waals surface area (Å²) in [6.45, 7) is 0.396. The van der Waals surface area contributed by atoms with E-state index in [0.29, 0.717) is 17.4 Å². The third-order valence-corrected chi connectivity index (χ3v) is 5.45. The van der Waals surface area contributed by atoms with Gasteiger partial charge in [0.25, 0.3) is 0 Å². The Morgan fingerprint density at radius 2 is 1.61 bits per heavy atom. The number of rotatable bonds is 9. The molecule has 1 unspecified atom stereocenters. The van der Waals surface area contributed by atoms with Crippen LogP contribution in [0.3, 0.4) is 0 Å². The SMILES string of the molecule is COc1cccc(C(CCCS)c2ccccc2)c1COc1ccccc1Cl. The van der Waals surface area contributed by atoms with Crippen LogP contribution in [0.2, 0.25) is 5.02 Å². The van der Waals surface area contributed by atoms with Gasteiger partial charge in [-0.05, 0) is 47.9 Å². The van der Waals surface area contributed by atoms with E-state index in [9.17, 15) is 0 Å². The van der Waals surface area contributed by atoms with Crippen LogP contribution in [0, 0.1) is 0 Å². The van der Waals surface area contributed by atoms with Crippen molar-refractivity contribution in [2.45, 2.75) is 25.4 Å². The quantitative estimate of drug-likeness (QED) is 0.391. The monoisotopic (exact) mass is 412 g/mol. The summed E-state index contributed by atoms with van der Waals surface area (Å²) in [4.78, 5) is 0. The smallest absolute Gasteiger partial charge is 0.138 e. The molecule has 4 heteroatoms. The molecule has 0 aliphatic heterocycles. The number of methoxy groups -OCH3 is 1. The Morgan fingerprint density at radius 1 is 0.893 bits per heavy atom. The van der Waals surface area contributed by atoms with E-state index in [-0.39, 0.29) is 5.92 Å². The first kappa shape index (κ1) is 20.6. The third kappa shape index (κ3) is 5.03. The van der Waals surface area contributed by atoms with Crippen molar-refractivity contribution in [1.82, 2.24) is 0 Å². The molecule has 0 aromatic heterocycles. The lowest BCUT2D eigenvalue weighted by Gasteiger charge is -2.23. The molecule has 0 spiro atoms. The normalized spacial score (nSPS) is 11.8. The minimum atomic E-state index is 0.258. The molecule has 0 heterocycles. The molecule has 1 atom stereocenters. The van der Waals surface area contributed by atoms with Crippen molar-refractivity contribution in [1.29, 1.82) is 0 Å². The lowest BCUT2D eigenvalue weighted by atomic mass is 9.85. The molecule has 2 nitrogen and oxygen atoms in total. The highest BCUT2D eigenvalue weighted by Crippen LogP contribution is 2.36. The van der Waals surface area contributed by atoms with Gasteiger partial charge in [0.2, 0.25) is 0 Å². The highest BCUT2D eigenvalue weighted by Gasteiger charge is 2.20. The molecule has 3 aromatic carbocycles. The number of benzene rings is 3. The lowest BCUT2D eigenvalue weighted by Crippen LogP contribution is -2.09. The van der Waals surface area contributed by atoms with Crippen molar-refractivity contribution in [3.05, 3.63) is 94.5 Å². The summed E-state index contributed by atoms with van der Waals surface area (Å²) < 4.78 is 11.7. The summed E-state index contributed by atoms with van der Waals surface area (Å²) in [6.07, 6.45) is 2.05. The Morgan fingerprint density at radius 3 is 2.32 bits per heavy atom. The van der Waals surface area contributed by atoms with E-state index in [1.54, 1.807) is 7.11 Å². The zero-order valence-electron chi connectivity index (χ0n) is 16.0. The second-order valence-electron chi connectivity index (χ2n) is 6.58. The average Bonchev–Trinajstić information content (AvgIpc) is 2.74. The number of para-hydroxylation sites is 1. The van der Waals surface area contributed by atoms with Crippen LogP contribution >= 0.6 is 24.2 Å². The minimum Gasteiger partial charge on any atom is -0.496 e. The van der Waals surface area contributed by atoms with Gasteiger partial charge in [0, 0.05) is 11.5 Å². The fraction of sp³-hybridized carbons (Fsp3) is 0.250. The zero-order chi connectivity index (χ0) is 19.8. The average molecular weight is 413 g/mol. The van der Waals surface area contributed by atoms with Gasteiger partial charge in [-0.2, -0.15) is 12.6 Å². The van der Waals surface area contributed by atoms with E-state index in [0.717, 1.165) is 29.9 Å². The summed E-state index contributed by atoms with van der Waals surface area (Å²) in [5, 5.41) is 0.605. The molecule has 0 fully saturated rings. The van der Waals surface area contributed by atoms with Gasteiger partial charge in [-0.1, -0.05) is 66.2 Å². The largest absolute Gasteiger partial charge is 0.496 e. The molecule has 28 heavy (non-hydrogen) atoms. The fourth-order valence-corrected chi connectivity index (χ4v) is 3.82. The predicted octanol–water partition coefficient (Wildman–Crippen LogP) is 6.77. The van der Waals surface area contributed by atoms with Crippen molar-refractivity contribution in [2.24, 2.45) is 0 Å². The Hall–Kier alpha value is -2.10. The highest BCUT2D eigenvalue weighted by molar-refractivity contribution is 7.80. The number of hydrogen-bond donors (Lipinski definition) is 1. The number of halogens is 1. The van der Waals surface area contributed by atoms with Crippen LogP contribution in [0.25, 0.3) is 0 Å². The molecule has 0 aliphatic carbocycles. The van der Waals surface area contributed by atoms with Gasteiger partial charge in [-0.3, -0.25) is 0 Å². The first-order valence-electron chi connectivity index (χ1n) is 9.43. The Balaban J connectivity index is 1.97. The molecule has 0 saturated carbocycles. The van der Waals surface area contributed by atoms with Gasteiger partial charge in [-0.25, -0.2) is 0 Å². The topological polar surface area (TPSA) is 18.5 Å². The van der Waals surface area contributed by atoms with Gasteiger partial charge in [0.05, 0.1) is 12.1 Å². The summed E-state index contributed by atoms with van der Waals surface area (Å²) in [7, 11) is 1.70. The molecule has 146 valence electrons. The molecule has 0 amide bonds. The van der Waals surface area contributed by atoms with Crippen molar-refractivity contribution in [3.63, 3.8) is 0 Å². The second kappa shape index (κ2) is 10.4. The van der Waals surface area contributed by atoms with Crippen LogP contribution in [0.4, 0.5) is 0 Å². The molecular formula is C24H25ClO2S. The Bertz CT molecular complexity index is 883. The van der Waals surface area contributed by atoms with E-state index >= 15 is 0 Å². The van der Waals surface area contributed by atoms with Gasteiger partial charge in [0.15, 0.2) is 0 Å². The van der Waals surface area contributed by atoms with Crippen LogP contribution in [0.1, 0.15) is 35.4 Å². The first-order chi connectivity index (χ1) is 13.7. The molecule has 3 aromatic rings. The summed E-state index contributed by atoms with van der Waals surface area (Å²) in [5.41, 5.74) is 3.56.